The van der Waals surface area contributed by atoms with Crippen LogP contribution in [0.5, 0.6) is 0 Å². The van der Waals surface area contributed by atoms with Crippen molar-refractivity contribution in [1.29, 1.82) is 0 Å². The molecule has 9 nitrogen and oxygen atoms in total. The molecule has 196 valence electrons. The van der Waals surface area contributed by atoms with E-state index in [4.69, 9.17) is 19.6 Å². The molecule has 3 aromatic heterocycles. The second-order valence-electron chi connectivity index (χ2n) is 9.90. The van der Waals surface area contributed by atoms with E-state index in [0.29, 0.717) is 31.1 Å². The van der Waals surface area contributed by atoms with Crippen LogP contribution in [0, 0.1) is 0 Å². The summed E-state index contributed by atoms with van der Waals surface area (Å²) in [6.07, 6.45) is 9.76. The Kier molecular flexibility index (Phi) is 7.39. The van der Waals surface area contributed by atoms with E-state index in [0.717, 1.165) is 54.5 Å². The topological polar surface area (TPSA) is 90.2 Å². The van der Waals surface area contributed by atoms with Crippen LogP contribution >= 0.6 is 0 Å². The van der Waals surface area contributed by atoms with Crippen molar-refractivity contribution < 1.29 is 9.47 Å². The zero-order valence-electron chi connectivity index (χ0n) is 21.7. The number of aromatic nitrogens is 5. The van der Waals surface area contributed by atoms with Crippen LogP contribution in [0.15, 0.2) is 67.3 Å². The quantitative estimate of drug-likeness (QED) is 0.354. The van der Waals surface area contributed by atoms with Gasteiger partial charge in [-0.05, 0) is 67.7 Å². The first-order valence-corrected chi connectivity index (χ1v) is 13.3. The van der Waals surface area contributed by atoms with Gasteiger partial charge in [-0.2, -0.15) is 5.10 Å². The molecule has 1 N–H and O–H groups in total. The highest BCUT2D eigenvalue weighted by Gasteiger charge is 2.30. The fourth-order valence-electron chi connectivity index (χ4n) is 5.19. The van der Waals surface area contributed by atoms with Crippen LogP contribution in [-0.2, 0) is 16.0 Å². The molecule has 0 amide bonds. The molecule has 4 aromatic rings. The van der Waals surface area contributed by atoms with Gasteiger partial charge in [0.05, 0.1) is 38.1 Å². The van der Waals surface area contributed by atoms with Crippen LogP contribution in [0.4, 0.5) is 11.6 Å². The molecule has 5 heterocycles. The molecule has 0 aliphatic carbocycles. The summed E-state index contributed by atoms with van der Waals surface area (Å²) < 4.78 is 12.5. The Bertz CT molecular complexity index is 1330. The summed E-state index contributed by atoms with van der Waals surface area (Å²) in [4.78, 5) is 16.2. The third kappa shape index (κ3) is 5.45. The van der Waals surface area contributed by atoms with E-state index >= 15 is 0 Å². The van der Waals surface area contributed by atoms with Crippen molar-refractivity contribution in [3.05, 3.63) is 72.8 Å². The number of nitrogens with one attached hydrogen (secondary N) is 1. The fourth-order valence-corrected chi connectivity index (χ4v) is 5.19. The van der Waals surface area contributed by atoms with Crippen molar-refractivity contribution in [2.45, 2.75) is 31.3 Å². The average Bonchev–Trinajstić information content (AvgIpc) is 3.37. The van der Waals surface area contributed by atoms with Gasteiger partial charge in [0.25, 0.3) is 0 Å². The van der Waals surface area contributed by atoms with Gasteiger partial charge in [-0.3, -0.25) is 14.6 Å². The molecule has 0 radical (unpaired) electrons. The molecule has 0 spiro atoms. The number of methoxy groups -OCH3 is 1. The standard InChI is InChI=1S/C29H33N7O2/c1-37-16-15-36-18-26(28(34-36)23-3-2-11-30-17-23)27-8-12-31-29(33-27)32-24-6-4-21(5-7-24)22-9-13-35(14-10-22)25-19-38-20-25/h2-8,11-12,17-18,22,25H,9-10,13-16,19-20H2,1H3,(H,31,32,33). The van der Waals surface area contributed by atoms with Crippen LogP contribution in [0.25, 0.3) is 22.5 Å². The van der Waals surface area contributed by atoms with Crippen molar-refractivity contribution >= 4 is 11.6 Å². The lowest BCUT2D eigenvalue weighted by Gasteiger charge is -2.41. The minimum atomic E-state index is 0.549. The molecule has 1 aromatic carbocycles. The number of hydrogen-bond acceptors (Lipinski definition) is 8. The zero-order chi connectivity index (χ0) is 25.7. The van der Waals surface area contributed by atoms with E-state index < -0.39 is 0 Å². The van der Waals surface area contributed by atoms with Gasteiger partial charge >= 0.3 is 0 Å². The smallest absolute Gasteiger partial charge is 0.227 e. The minimum absolute atomic E-state index is 0.549. The van der Waals surface area contributed by atoms with Gasteiger partial charge in [-0.1, -0.05) is 12.1 Å². The summed E-state index contributed by atoms with van der Waals surface area (Å²) in [6, 6.07) is 15.2. The highest BCUT2D eigenvalue weighted by Crippen LogP contribution is 2.32. The van der Waals surface area contributed by atoms with Crippen LogP contribution < -0.4 is 5.32 Å². The van der Waals surface area contributed by atoms with Crippen molar-refractivity contribution in [3.63, 3.8) is 0 Å². The molecule has 2 aliphatic heterocycles. The van der Waals surface area contributed by atoms with Gasteiger partial charge in [0.15, 0.2) is 0 Å². The van der Waals surface area contributed by atoms with E-state index in [1.807, 2.05) is 35.3 Å². The number of anilines is 2. The maximum atomic E-state index is 5.37. The lowest BCUT2D eigenvalue weighted by Crippen LogP contribution is -2.51. The minimum Gasteiger partial charge on any atom is -0.383 e. The van der Waals surface area contributed by atoms with Gasteiger partial charge in [0.2, 0.25) is 5.95 Å². The Morgan fingerprint density at radius 1 is 1.05 bits per heavy atom. The molecule has 38 heavy (non-hydrogen) atoms. The number of nitrogens with zero attached hydrogens (tertiary/aromatic N) is 6. The number of hydrogen-bond donors (Lipinski definition) is 1. The molecule has 2 aliphatic rings. The van der Waals surface area contributed by atoms with Gasteiger partial charge in [0.1, 0.15) is 5.69 Å². The van der Waals surface area contributed by atoms with E-state index in [2.05, 4.69) is 44.5 Å². The lowest BCUT2D eigenvalue weighted by atomic mass is 9.88. The zero-order valence-corrected chi connectivity index (χ0v) is 21.7. The molecule has 6 rings (SSSR count). The molecular weight excluding hydrogens is 478 g/mol. The fraction of sp³-hybridized carbons (Fsp3) is 0.379. The number of rotatable bonds is 9. The first-order chi connectivity index (χ1) is 18.8. The predicted octanol–water partition coefficient (Wildman–Crippen LogP) is 4.37. The summed E-state index contributed by atoms with van der Waals surface area (Å²) in [7, 11) is 1.69. The molecule has 0 unspecified atom stereocenters. The van der Waals surface area contributed by atoms with Crippen LogP contribution in [0.2, 0.25) is 0 Å². The second-order valence-corrected chi connectivity index (χ2v) is 9.90. The highest BCUT2D eigenvalue weighted by atomic mass is 16.5. The van der Waals surface area contributed by atoms with Crippen molar-refractivity contribution in [1.82, 2.24) is 29.6 Å². The predicted molar refractivity (Wildman–Crippen MR) is 146 cm³/mol. The van der Waals surface area contributed by atoms with E-state index in [-0.39, 0.29) is 0 Å². The Morgan fingerprint density at radius 3 is 2.61 bits per heavy atom. The SMILES string of the molecule is COCCn1cc(-c2ccnc(Nc3ccc(C4CCN(C5COC5)CC4)cc3)n2)c(-c2cccnc2)n1. The number of benzene rings is 1. The second kappa shape index (κ2) is 11.4. The average molecular weight is 512 g/mol. The maximum absolute atomic E-state index is 5.37. The van der Waals surface area contributed by atoms with Crippen LogP contribution in [0.3, 0.4) is 0 Å². The summed E-state index contributed by atoms with van der Waals surface area (Å²) in [5.41, 5.74) is 5.87. The van der Waals surface area contributed by atoms with Crippen LogP contribution in [0.1, 0.15) is 24.3 Å². The van der Waals surface area contributed by atoms with Gasteiger partial charge < -0.3 is 14.8 Å². The lowest BCUT2D eigenvalue weighted by molar-refractivity contribution is -0.0712. The van der Waals surface area contributed by atoms with Gasteiger partial charge in [0, 0.05) is 48.7 Å². The molecule has 0 saturated carbocycles. The Morgan fingerprint density at radius 2 is 1.89 bits per heavy atom. The largest absolute Gasteiger partial charge is 0.383 e. The summed E-state index contributed by atoms with van der Waals surface area (Å²) in [5.74, 6) is 1.16. The van der Waals surface area contributed by atoms with Gasteiger partial charge in [-0.25, -0.2) is 9.97 Å². The summed E-state index contributed by atoms with van der Waals surface area (Å²) in [5, 5.41) is 8.17. The van der Waals surface area contributed by atoms with E-state index in [1.165, 1.54) is 18.4 Å². The van der Waals surface area contributed by atoms with Gasteiger partial charge in [-0.15, -0.1) is 0 Å². The molecule has 2 fully saturated rings. The Labute approximate surface area is 222 Å². The first kappa shape index (κ1) is 24.7. The molecular formula is C29H33N7O2. The van der Waals surface area contributed by atoms with Crippen molar-refractivity contribution in [2.75, 3.05) is 45.3 Å². The Balaban J connectivity index is 1.16. The molecule has 2 saturated heterocycles. The number of pyridine rings is 1. The number of ether oxygens (including phenoxy) is 2. The van der Waals surface area contributed by atoms with Crippen LogP contribution in [-0.4, -0.2) is 75.7 Å². The monoisotopic (exact) mass is 511 g/mol. The summed E-state index contributed by atoms with van der Waals surface area (Å²) >= 11 is 0. The highest BCUT2D eigenvalue weighted by molar-refractivity contribution is 5.78. The summed E-state index contributed by atoms with van der Waals surface area (Å²) in [6.45, 7) is 5.34. The third-order valence-corrected chi connectivity index (χ3v) is 7.46. The normalized spacial score (nSPS) is 16.9. The number of piperidine rings is 1. The first-order valence-electron chi connectivity index (χ1n) is 13.3. The van der Waals surface area contributed by atoms with E-state index in [9.17, 15) is 0 Å². The molecule has 0 atom stereocenters. The Hall–Kier alpha value is -3.66. The number of likely N-dealkylation sites (tertiary alicyclic amines) is 1. The molecule has 0 bridgehead atoms. The van der Waals surface area contributed by atoms with Crippen molar-refractivity contribution in [2.24, 2.45) is 0 Å². The maximum Gasteiger partial charge on any atom is 0.227 e. The molecule has 9 heteroatoms. The third-order valence-electron chi connectivity index (χ3n) is 7.46. The van der Waals surface area contributed by atoms with Crippen molar-refractivity contribution in [3.8, 4) is 22.5 Å². The van der Waals surface area contributed by atoms with E-state index in [1.54, 1.807) is 19.5 Å².